The number of para-hydroxylation sites is 1. The lowest BCUT2D eigenvalue weighted by molar-refractivity contribution is -0.301. The van der Waals surface area contributed by atoms with E-state index < -0.39 is 5.97 Å². The Morgan fingerprint density at radius 3 is 2.89 bits per heavy atom. The number of unbranched alkanes of at least 4 members (excludes halogenated alkanes) is 1. The number of carboxylic acid groups (broad SMARTS) is 1. The lowest BCUT2D eigenvalue weighted by atomic mass is 10.2. The molecule has 0 N–H and O–H groups in total. The van der Waals surface area contributed by atoms with Crippen molar-refractivity contribution in [1.82, 2.24) is 4.57 Å². The van der Waals surface area contributed by atoms with Crippen LogP contribution in [0.3, 0.4) is 0 Å². The van der Waals surface area contributed by atoms with Gasteiger partial charge in [0, 0.05) is 34.3 Å². The van der Waals surface area contributed by atoms with Crippen LogP contribution in [0.1, 0.15) is 19.8 Å². The number of carbonyl (C=O) groups is 1. The summed E-state index contributed by atoms with van der Waals surface area (Å²) in [5.74, 6) is -1.02. The fourth-order valence-corrected chi connectivity index (χ4v) is 2.78. The number of fused-ring (bicyclic) bond motifs is 1. The fraction of sp³-hybridized carbons (Fsp3) is 0.357. The number of benzene rings is 1. The third-order valence-corrected chi connectivity index (χ3v) is 3.87. The van der Waals surface area contributed by atoms with Crippen LogP contribution in [0.25, 0.3) is 10.9 Å². The van der Waals surface area contributed by atoms with E-state index in [-0.39, 0.29) is 5.75 Å². The molecule has 0 spiro atoms. The first kappa shape index (κ1) is 13.0. The van der Waals surface area contributed by atoms with Gasteiger partial charge in [0.15, 0.2) is 0 Å². The Bertz CT molecular complexity index is 548. The smallest absolute Gasteiger partial charge is 0.0517 e. The van der Waals surface area contributed by atoms with Gasteiger partial charge in [-0.05, 0) is 12.5 Å². The summed E-state index contributed by atoms with van der Waals surface area (Å²) < 4.78 is 2.20. The average Bonchev–Trinajstić information content (AvgIpc) is 2.72. The molecule has 3 nitrogen and oxygen atoms in total. The highest BCUT2D eigenvalue weighted by atomic mass is 32.2. The van der Waals surface area contributed by atoms with Crippen molar-refractivity contribution in [2.45, 2.75) is 31.2 Å². The molecule has 0 aliphatic carbocycles. The first-order valence-corrected chi connectivity index (χ1v) is 7.11. The van der Waals surface area contributed by atoms with Crippen LogP contribution < -0.4 is 5.11 Å². The molecular formula is C14H16NO2S-. The summed E-state index contributed by atoms with van der Waals surface area (Å²) in [6, 6.07) is 8.11. The molecule has 2 rings (SSSR count). The topological polar surface area (TPSA) is 45.1 Å². The summed E-state index contributed by atoms with van der Waals surface area (Å²) in [6.07, 6.45) is 4.32. The number of thioether (sulfide) groups is 1. The lowest BCUT2D eigenvalue weighted by Crippen LogP contribution is -2.24. The number of carboxylic acids is 1. The van der Waals surface area contributed by atoms with Crippen LogP contribution in [0.4, 0.5) is 0 Å². The van der Waals surface area contributed by atoms with E-state index in [4.69, 9.17) is 0 Å². The molecule has 0 aliphatic heterocycles. The second-order valence-corrected chi connectivity index (χ2v) is 5.24. The molecule has 1 aromatic heterocycles. The van der Waals surface area contributed by atoms with Crippen LogP contribution >= 0.6 is 11.8 Å². The van der Waals surface area contributed by atoms with E-state index in [9.17, 15) is 9.90 Å². The third-order valence-electron chi connectivity index (χ3n) is 2.85. The Kier molecular flexibility index (Phi) is 4.31. The van der Waals surface area contributed by atoms with Gasteiger partial charge in [0.1, 0.15) is 0 Å². The molecule has 0 atom stereocenters. The lowest BCUT2D eigenvalue weighted by Gasteiger charge is -2.02. The Morgan fingerprint density at radius 1 is 1.39 bits per heavy atom. The first-order valence-electron chi connectivity index (χ1n) is 6.13. The minimum atomic E-state index is -1.02. The maximum absolute atomic E-state index is 10.5. The van der Waals surface area contributed by atoms with Crippen LogP contribution in [0.5, 0.6) is 0 Å². The van der Waals surface area contributed by atoms with E-state index in [1.54, 1.807) is 0 Å². The molecule has 0 aliphatic rings. The van der Waals surface area contributed by atoms with E-state index >= 15 is 0 Å². The minimum Gasteiger partial charge on any atom is -0.549 e. The normalized spacial score (nSPS) is 10.9. The maximum atomic E-state index is 10.5. The van der Waals surface area contributed by atoms with Gasteiger partial charge >= 0.3 is 0 Å². The number of rotatable bonds is 6. The molecular weight excluding hydrogens is 246 g/mol. The third kappa shape index (κ3) is 2.88. The van der Waals surface area contributed by atoms with Crippen LogP contribution in [-0.2, 0) is 11.3 Å². The highest BCUT2D eigenvalue weighted by molar-refractivity contribution is 8.00. The van der Waals surface area contributed by atoms with Gasteiger partial charge in [0.2, 0.25) is 0 Å². The van der Waals surface area contributed by atoms with Gasteiger partial charge in [0.25, 0.3) is 0 Å². The highest BCUT2D eigenvalue weighted by Gasteiger charge is 2.07. The molecule has 1 aromatic carbocycles. The zero-order chi connectivity index (χ0) is 13.0. The fourth-order valence-electron chi connectivity index (χ4n) is 1.98. The average molecular weight is 262 g/mol. The number of aliphatic carboxylic acids is 1. The second-order valence-electron chi connectivity index (χ2n) is 4.22. The number of aromatic nitrogens is 1. The van der Waals surface area contributed by atoms with Gasteiger partial charge in [0.05, 0.1) is 5.97 Å². The van der Waals surface area contributed by atoms with Crippen molar-refractivity contribution in [1.29, 1.82) is 0 Å². The van der Waals surface area contributed by atoms with Crippen LogP contribution in [-0.4, -0.2) is 16.3 Å². The summed E-state index contributed by atoms with van der Waals surface area (Å²) in [4.78, 5) is 11.6. The summed E-state index contributed by atoms with van der Waals surface area (Å²) in [5, 5.41) is 11.7. The SMILES string of the molecule is CCCCn1cc(SCC(=O)[O-])c2ccccc21. The van der Waals surface area contributed by atoms with E-state index in [1.807, 2.05) is 24.4 Å². The molecule has 96 valence electrons. The van der Waals surface area contributed by atoms with Crippen molar-refractivity contribution in [3.8, 4) is 0 Å². The van der Waals surface area contributed by atoms with Crippen molar-refractivity contribution < 1.29 is 9.90 Å². The molecule has 0 fully saturated rings. The van der Waals surface area contributed by atoms with Gasteiger partial charge in [-0.3, -0.25) is 0 Å². The highest BCUT2D eigenvalue weighted by Crippen LogP contribution is 2.29. The van der Waals surface area contributed by atoms with Gasteiger partial charge in [-0.2, -0.15) is 0 Å². The Morgan fingerprint density at radius 2 is 2.17 bits per heavy atom. The van der Waals surface area contributed by atoms with Gasteiger partial charge < -0.3 is 14.5 Å². The summed E-state index contributed by atoms with van der Waals surface area (Å²) >= 11 is 1.33. The Labute approximate surface area is 111 Å². The summed E-state index contributed by atoms with van der Waals surface area (Å²) in [6.45, 7) is 3.14. The van der Waals surface area contributed by atoms with Crippen molar-refractivity contribution in [3.05, 3.63) is 30.5 Å². The maximum Gasteiger partial charge on any atom is 0.0517 e. The van der Waals surface area contributed by atoms with Crippen LogP contribution in [0.2, 0.25) is 0 Å². The molecule has 0 unspecified atom stereocenters. The van der Waals surface area contributed by atoms with E-state index in [2.05, 4.69) is 17.6 Å². The molecule has 18 heavy (non-hydrogen) atoms. The predicted octanol–water partition coefficient (Wildman–Crippen LogP) is 2.28. The van der Waals surface area contributed by atoms with Crippen molar-refractivity contribution in [3.63, 3.8) is 0 Å². The number of aryl methyl sites for hydroxylation is 1. The molecule has 0 radical (unpaired) electrons. The van der Waals surface area contributed by atoms with Gasteiger partial charge in [-0.1, -0.05) is 31.5 Å². The van der Waals surface area contributed by atoms with Crippen molar-refractivity contribution in [2.75, 3.05) is 5.75 Å². The largest absolute Gasteiger partial charge is 0.549 e. The van der Waals surface area contributed by atoms with Crippen molar-refractivity contribution >= 4 is 28.6 Å². The molecule has 0 saturated carbocycles. The Balaban J connectivity index is 2.31. The molecule has 0 amide bonds. The number of carbonyl (C=O) groups excluding carboxylic acids is 1. The minimum absolute atomic E-state index is 0.00177. The van der Waals surface area contributed by atoms with Gasteiger partial charge in [-0.15, -0.1) is 11.8 Å². The second kappa shape index (κ2) is 5.96. The standard InChI is InChI=1S/C14H17NO2S/c1-2-3-8-15-9-13(18-10-14(16)17)11-6-4-5-7-12(11)15/h4-7,9H,2-3,8,10H2,1H3,(H,16,17)/p-1. The molecule has 0 saturated heterocycles. The number of hydrogen-bond acceptors (Lipinski definition) is 3. The summed E-state index contributed by atoms with van der Waals surface area (Å²) in [7, 11) is 0. The molecule has 0 bridgehead atoms. The molecule has 2 aromatic rings. The molecule has 1 heterocycles. The predicted molar refractivity (Wildman–Crippen MR) is 72.6 cm³/mol. The summed E-state index contributed by atoms with van der Waals surface area (Å²) in [5.41, 5.74) is 1.17. The quantitative estimate of drug-likeness (QED) is 0.750. The van der Waals surface area contributed by atoms with Crippen LogP contribution in [0.15, 0.2) is 35.4 Å². The van der Waals surface area contributed by atoms with Crippen LogP contribution in [0, 0.1) is 0 Å². The van der Waals surface area contributed by atoms with Gasteiger partial charge in [-0.25, -0.2) is 0 Å². The molecule has 4 heteroatoms. The van der Waals surface area contributed by atoms with Crippen molar-refractivity contribution in [2.24, 2.45) is 0 Å². The Hall–Kier alpha value is -1.42. The number of hydrogen-bond donors (Lipinski definition) is 0. The zero-order valence-corrected chi connectivity index (χ0v) is 11.2. The van der Waals surface area contributed by atoms with E-state index in [0.717, 1.165) is 29.7 Å². The first-order chi connectivity index (χ1) is 8.72. The zero-order valence-electron chi connectivity index (χ0n) is 10.4. The van der Waals surface area contributed by atoms with E-state index in [1.165, 1.54) is 17.3 Å². The number of nitrogens with zero attached hydrogens (tertiary/aromatic N) is 1. The monoisotopic (exact) mass is 262 g/mol. The van der Waals surface area contributed by atoms with E-state index in [0.29, 0.717) is 0 Å².